The molecule has 0 saturated carbocycles. The predicted molar refractivity (Wildman–Crippen MR) is 86.6 cm³/mol. The second kappa shape index (κ2) is 7.10. The topological polar surface area (TPSA) is 80.0 Å². The Morgan fingerprint density at radius 1 is 1.29 bits per heavy atom. The third-order valence-electron chi connectivity index (χ3n) is 3.07. The van der Waals surface area contributed by atoms with Crippen molar-refractivity contribution in [2.75, 3.05) is 5.32 Å². The molecule has 0 aliphatic rings. The van der Waals surface area contributed by atoms with E-state index in [1.807, 2.05) is 0 Å². The van der Waals surface area contributed by atoms with Crippen molar-refractivity contribution in [3.63, 3.8) is 0 Å². The number of nitrogens with zero attached hydrogens (tertiary/aromatic N) is 2. The fraction of sp³-hybridized carbons (Fsp3) is 0.0625. The van der Waals surface area contributed by atoms with Crippen molar-refractivity contribution >= 4 is 29.1 Å². The first kappa shape index (κ1) is 15.9. The van der Waals surface area contributed by atoms with Gasteiger partial charge in [-0.2, -0.15) is 0 Å². The van der Waals surface area contributed by atoms with Gasteiger partial charge in [0.05, 0.1) is 17.8 Å². The van der Waals surface area contributed by atoms with Gasteiger partial charge in [0, 0.05) is 11.9 Å². The van der Waals surface area contributed by atoms with Gasteiger partial charge in [0.25, 0.3) is 5.91 Å². The van der Waals surface area contributed by atoms with Crippen molar-refractivity contribution in [1.29, 1.82) is 0 Å². The van der Waals surface area contributed by atoms with Crippen molar-refractivity contribution in [3.8, 4) is 0 Å². The van der Waals surface area contributed by atoms with Crippen molar-refractivity contribution in [2.24, 2.45) is 0 Å². The molecule has 0 radical (unpaired) electrons. The summed E-state index contributed by atoms with van der Waals surface area (Å²) in [5.41, 5.74) is 0.696. The van der Waals surface area contributed by atoms with Crippen LogP contribution in [-0.4, -0.2) is 15.9 Å². The van der Waals surface area contributed by atoms with Gasteiger partial charge in [-0.25, -0.2) is 14.4 Å². The number of aromatic nitrogens is 2. The van der Waals surface area contributed by atoms with Crippen LogP contribution >= 0.6 is 11.6 Å². The Balaban J connectivity index is 1.68. The van der Waals surface area contributed by atoms with Crippen LogP contribution in [0.2, 0.25) is 5.02 Å². The van der Waals surface area contributed by atoms with Crippen LogP contribution in [0.15, 0.2) is 53.3 Å². The second-order valence-corrected chi connectivity index (χ2v) is 5.19. The highest BCUT2D eigenvalue weighted by Crippen LogP contribution is 2.21. The molecule has 0 fully saturated rings. The predicted octanol–water partition coefficient (Wildman–Crippen LogP) is 3.54. The third kappa shape index (κ3) is 3.88. The zero-order valence-electron chi connectivity index (χ0n) is 12.3. The average Bonchev–Trinajstić information content (AvgIpc) is 3.10. The maximum atomic E-state index is 13.2. The Morgan fingerprint density at radius 3 is 2.92 bits per heavy atom. The van der Waals surface area contributed by atoms with Crippen LogP contribution < -0.4 is 10.6 Å². The summed E-state index contributed by atoms with van der Waals surface area (Å²) in [5.74, 6) is -0.0526. The first-order valence-corrected chi connectivity index (χ1v) is 7.35. The zero-order chi connectivity index (χ0) is 16.9. The monoisotopic (exact) mass is 346 g/mol. The lowest BCUT2D eigenvalue weighted by atomic mass is 10.3. The quantitative estimate of drug-likeness (QED) is 0.738. The SMILES string of the molecule is O=C(NCc1ccco1)c1ccnc(Nc2ccc(F)c(Cl)c2)n1. The summed E-state index contributed by atoms with van der Waals surface area (Å²) in [4.78, 5) is 20.2. The van der Waals surface area contributed by atoms with E-state index >= 15 is 0 Å². The molecular formula is C16H12ClFN4O2. The number of carbonyl (C=O) groups excluding carboxylic acids is 1. The van der Waals surface area contributed by atoms with Gasteiger partial charge in [0.2, 0.25) is 5.95 Å². The van der Waals surface area contributed by atoms with Gasteiger partial charge >= 0.3 is 0 Å². The van der Waals surface area contributed by atoms with E-state index in [-0.39, 0.29) is 29.1 Å². The number of amides is 1. The maximum absolute atomic E-state index is 13.2. The standard InChI is InChI=1S/C16H12ClFN4O2/c17-12-8-10(3-4-13(12)18)21-16-19-6-5-14(22-16)15(23)20-9-11-2-1-7-24-11/h1-8H,9H2,(H,20,23)(H,19,21,22). The summed E-state index contributed by atoms with van der Waals surface area (Å²) in [6.07, 6.45) is 2.98. The lowest BCUT2D eigenvalue weighted by molar-refractivity contribution is 0.0943. The van der Waals surface area contributed by atoms with E-state index in [1.54, 1.807) is 12.1 Å². The van der Waals surface area contributed by atoms with E-state index in [1.165, 1.54) is 36.7 Å². The number of carbonyl (C=O) groups is 1. The molecule has 6 nitrogen and oxygen atoms in total. The van der Waals surface area contributed by atoms with E-state index < -0.39 is 5.82 Å². The van der Waals surface area contributed by atoms with Gasteiger partial charge in [-0.3, -0.25) is 4.79 Å². The Bertz CT molecular complexity index is 855. The molecule has 24 heavy (non-hydrogen) atoms. The number of furan rings is 1. The Morgan fingerprint density at radius 2 is 2.17 bits per heavy atom. The zero-order valence-corrected chi connectivity index (χ0v) is 13.0. The smallest absolute Gasteiger partial charge is 0.270 e. The fourth-order valence-corrected chi connectivity index (χ4v) is 2.10. The molecule has 8 heteroatoms. The lowest BCUT2D eigenvalue weighted by Gasteiger charge is -2.07. The first-order chi connectivity index (χ1) is 11.6. The van der Waals surface area contributed by atoms with Gasteiger partial charge in [-0.1, -0.05) is 11.6 Å². The molecular weight excluding hydrogens is 335 g/mol. The minimum atomic E-state index is -0.519. The second-order valence-electron chi connectivity index (χ2n) is 4.78. The molecule has 0 saturated heterocycles. The minimum Gasteiger partial charge on any atom is -0.467 e. The molecule has 0 atom stereocenters. The molecule has 0 unspecified atom stereocenters. The molecule has 3 aromatic rings. The third-order valence-corrected chi connectivity index (χ3v) is 3.36. The first-order valence-electron chi connectivity index (χ1n) is 6.97. The molecule has 3 rings (SSSR count). The number of benzene rings is 1. The number of hydrogen-bond donors (Lipinski definition) is 2. The lowest BCUT2D eigenvalue weighted by Crippen LogP contribution is -2.23. The maximum Gasteiger partial charge on any atom is 0.270 e. The van der Waals surface area contributed by atoms with Gasteiger partial charge < -0.3 is 15.1 Å². The van der Waals surface area contributed by atoms with Crippen LogP contribution in [0.4, 0.5) is 16.0 Å². The molecule has 0 spiro atoms. The van der Waals surface area contributed by atoms with Crippen molar-refractivity contribution in [1.82, 2.24) is 15.3 Å². The molecule has 2 N–H and O–H groups in total. The van der Waals surface area contributed by atoms with E-state index in [0.717, 1.165) is 0 Å². The summed E-state index contributed by atoms with van der Waals surface area (Å²) in [6, 6.07) is 9.11. The van der Waals surface area contributed by atoms with Crippen LogP contribution in [-0.2, 0) is 6.54 Å². The highest BCUT2D eigenvalue weighted by atomic mass is 35.5. The fourth-order valence-electron chi connectivity index (χ4n) is 1.92. The molecule has 2 aromatic heterocycles. The summed E-state index contributed by atoms with van der Waals surface area (Å²) >= 11 is 5.72. The van der Waals surface area contributed by atoms with Crippen molar-refractivity contribution in [3.05, 3.63) is 71.2 Å². The van der Waals surface area contributed by atoms with Crippen molar-refractivity contribution in [2.45, 2.75) is 6.54 Å². The number of rotatable bonds is 5. The van der Waals surface area contributed by atoms with Gasteiger partial charge in [-0.15, -0.1) is 0 Å². The highest BCUT2D eigenvalue weighted by Gasteiger charge is 2.10. The number of nitrogens with one attached hydrogen (secondary N) is 2. The van der Waals surface area contributed by atoms with E-state index in [9.17, 15) is 9.18 Å². The van der Waals surface area contributed by atoms with Crippen LogP contribution in [0.5, 0.6) is 0 Å². The molecule has 0 aliphatic heterocycles. The summed E-state index contributed by atoms with van der Waals surface area (Å²) in [6.45, 7) is 0.256. The highest BCUT2D eigenvalue weighted by molar-refractivity contribution is 6.31. The molecule has 122 valence electrons. The van der Waals surface area contributed by atoms with Gasteiger partial charge in [0.1, 0.15) is 17.3 Å². The molecule has 0 aliphatic carbocycles. The number of halogens is 2. The normalized spacial score (nSPS) is 10.4. The molecule has 1 aromatic carbocycles. The minimum absolute atomic E-state index is 0.0210. The summed E-state index contributed by atoms with van der Waals surface area (Å²) in [7, 11) is 0. The number of anilines is 2. The van der Waals surface area contributed by atoms with E-state index in [0.29, 0.717) is 11.4 Å². The van der Waals surface area contributed by atoms with E-state index in [2.05, 4.69) is 20.6 Å². The van der Waals surface area contributed by atoms with Gasteiger partial charge in [0.15, 0.2) is 0 Å². The molecule has 2 heterocycles. The molecule has 1 amide bonds. The largest absolute Gasteiger partial charge is 0.467 e. The average molecular weight is 347 g/mol. The van der Waals surface area contributed by atoms with Crippen LogP contribution in [0.1, 0.15) is 16.2 Å². The Hall–Kier alpha value is -2.93. The van der Waals surface area contributed by atoms with Gasteiger partial charge in [-0.05, 0) is 36.4 Å². The number of hydrogen-bond acceptors (Lipinski definition) is 5. The van der Waals surface area contributed by atoms with E-state index in [4.69, 9.17) is 16.0 Å². The van der Waals surface area contributed by atoms with Crippen LogP contribution in [0.3, 0.4) is 0 Å². The Labute approximate surface area is 141 Å². The summed E-state index contributed by atoms with van der Waals surface area (Å²) in [5, 5.41) is 5.53. The molecule has 0 bridgehead atoms. The summed E-state index contributed by atoms with van der Waals surface area (Å²) < 4.78 is 18.3. The van der Waals surface area contributed by atoms with Crippen LogP contribution in [0, 0.1) is 5.82 Å². The van der Waals surface area contributed by atoms with Crippen molar-refractivity contribution < 1.29 is 13.6 Å². The Kier molecular flexibility index (Phi) is 4.72. The van der Waals surface area contributed by atoms with Crippen LogP contribution in [0.25, 0.3) is 0 Å².